The number of rotatable bonds is 8. The summed E-state index contributed by atoms with van der Waals surface area (Å²) in [4.78, 5) is 14.0. The number of aryl methyl sites for hydroxylation is 3. The van der Waals surface area contributed by atoms with Crippen LogP contribution in [0.4, 0.5) is 28.8 Å². The Balaban J connectivity index is 1.35. The first-order valence-corrected chi connectivity index (χ1v) is 17.6. The minimum Gasteiger partial charge on any atom is -0.494 e. The summed E-state index contributed by atoms with van der Waals surface area (Å²) in [5.41, 5.74) is 6.60. The number of ether oxygens (including phenoxy) is 1. The second-order valence-electron chi connectivity index (χ2n) is 12.8. The highest BCUT2D eigenvalue weighted by Gasteiger charge is 2.46. The predicted molar refractivity (Wildman–Crippen MR) is 177 cm³/mol. The van der Waals surface area contributed by atoms with Crippen LogP contribution in [0.1, 0.15) is 42.4 Å². The van der Waals surface area contributed by atoms with E-state index in [0.29, 0.717) is 22.2 Å². The fourth-order valence-corrected chi connectivity index (χ4v) is 7.67. The molecule has 0 amide bonds. The molecule has 1 saturated carbocycles. The van der Waals surface area contributed by atoms with Gasteiger partial charge in [-0.3, -0.25) is 0 Å². The van der Waals surface area contributed by atoms with Gasteiger partial charge < -0.3 is 29.7 Å². The predicted octanol–water partition coefficient (Wildman–Crippen LogP) is 7.11. The van der Waals surface area contributed by atoms with Crippen LogP contribution < -0.4 is 25.6 Å². The van der Waals surface area contributed by atoms with E-state index < -0.39 is 7.14 Å². The molecule has 8 nitrogen and oxygen atoms in total. The lowest BCUT2D eigenvalue weighted by molar-refractivity contribution is 0.00488. The van der Waals surface area contributed by atoms with Gasteiger partial charge >= 0.3 is 0 Å². The van der Waals surface area contributed by atoms with E-state index in [-0.39, 0.29) is 0 Å². The van der Waals surface area contributed by atoms with E-state index in [1.165, 1.54) is 36.9 Å². The van der Waals surface area contributed by atoms with E-state index >= 15 is 0 Å². The van der Waals surface area contributed by atoms with Gasteiger partial charge in [0.1, 0.15) is 17.9 Å². The van der Waals surface area contributed by atoms with Gasteiger partial charge in [0.25, 0.3) is 0 Å². The molecule has 2 fully saturated rings. The number of nitrogens with zero attached hydrogens (tertiary/aromatic N) is 4. The van der Waals surface area contributed by atoms with Crippen molar-refractivity contribution in [1.82, 2.24) is 14.9 Å². The summed E-state index contributed by atoms with van der Waals surface area (Å²) >= 11 is 6.52. The van der Waals surface area contributed by atoms with Gasteiger partial charge in [-0.15, -0.1) is 0 Å². The Hall–Kier alpha value is -2.80. The maximum atomic E-state index is 13.1. The van der Waals surface area contributed by atoms with Crippen LogP contribution in [0.5, 0.6) is 5.75 Å². The number of hydrogen-bond acceptors (Lipinski definition) is 8. The number of piperidine rings is 1. The van der Waals surface area contributed by atoms with Gasteiger partial charge in [-0.2, -0.15) is 4.98 Å². The summed E-state index contributed by atoms with van der Waals surface area (Å²) in [6.45, 7) is 11.9. The lowest BCUT2D eigenvalue weighted by atomic mass is 9.60. The van der Waals surface area contributed by atoms with Crippen molar-refractivity contribution in [1.29, 1.82) is 0 Å². The molecule has 1 aliphatic heterocycles. The van der Waals surface area contributed by atoms with Crippen LogP contribution in [0, 0.1) is 26.2 Å². The number of halogens is 1. The second kappa shape index (κ2) is 11.7. The zero-order valence-electron chi connectivity index (χ0n) is 26.1. The third kappa shape index (κ3) is 6.27. The molecule has 0 atom stereocenters. The van der Waals surface area contributed by atoms with Crippen LogP contribution in [-0.2, 0) is 4.57 Å². The molecule has 10 heteroatoms. The SMILES string of the molecule is COc1cc(N2CCC3(CC2)CC(N(C)C)C3)c(C)cc1Nc1ncc(Cl)c(Nc2cc(C)c(C)cc2P(C)(C)=O)n1. The van der Waals surface area contributed by atoms with Crippen LogP contribution in [-0.4, -0.2) is 68.5 Å². The first-order valence-electron chi connectivity index (χ1n) is 14.6. The molecule has 1 aliphatic carbocycles. The number of nitrogens with one attached hydrogen (secondary N) is 2. The van der Waals surface area contributed by atoms with Crippen molar-refractivity contribution in [2.24, 2.45) is 5.41 Å². The lowest BCUT2D eigenvalue weighted by Gasteiger charge is -2.54. The van der Waals surface area contributed by atoms with Crippen molar-refractivity contribution in [3.05, 3.63) is 52.2 Å². The van der Waals surface area contributed by atoms with Crippen LogP contribution in [0.2, 0.25) is 5.02 Å². The summed E-state index contributed by atoms with van der Waals surface area (Å²) in [7, 11) is 3.52. The molecule has 1 spiro atoms. The average molecular weight is 611 g/mol. The third-order valence-electron chi connectivity index (χ3n) is 9.19. The Morgan fingerprint density at radius 1 is 1.00 bits per heavy atom. The van der Waals surface area contributed by atoms with Gasteiger partial charge in [0.15, 0.2) is 5.82 Å². The molecule has 1 saturated heterocycles. The zero-order valence-corrected chi connectivity index (χ0v) is 27.8. The van der Waals surface area contributed by atoms with Crippen LogP contribution in [0.15, 0.2) is 30.5 Å². The monoisotopic (exact) mass is 610 g/mol. The zero-order chi connectivity index (χ0) is 30.4. The molecule has 1 aromatic heterocycles. The molecular formula is C32H44ClN6O2P. The van der Waals surface area contributed by atoms with Crippen molar-refractivity contribution >= 4 is 52.9 Å². The Morgan fingerprint density at radius 3 is 2.26 bits per heavy atom. The molecule has 2 aromatic carbocycles. The summed E-state index contributed by atoms with van der Waals surface area (Å²) in [6, 6.07) is 8.93. The molecule has 0 radical (unpaired) electrons. The van der Waals surface area contributed by atoms with Crippen LogP contribution in [0.25, 0.3) is 0 Å². The smallest absolute Gasteiger partial charge is 0.229 e. The number of aromatic nitrogens is 2. The minimum atomic E-state index is -2.55. The number of hydrogen-bond donors (Lipinski definition) is 2. The normalized spacial score (nSPS) is 17.0. The van der Waals surface area contributed by atoms with Gasteiger partial charge in [-0.25, -0.2) is 4.98 Å². The van der Waals surface area contributed by atoms with Gasteiger partial charge in [-0.1, -0.05) is 11.6 Å². The molecule has 2 aliphatic rings. The average Bonchev–Trinajstić information content (AvgIpc) is 2.90. The summed E-state index contributed by atoms with van der Waals surface area (Å²) < 4.78 is 18.9. The minimum absolute atomic E-state index is 0.372. The van der Waals surface area contributed by atoms with E-state index in [4.69, 9.17) is 16.3 Å². The highest BCUT2D eigenvalue weighted by Crippen LogP contribution is 2.51. The summed E-state index contributed by atoms with van der Waals surface area (Å²) in [5.74, 6) is 1.55. The van der Waals surface area contributed by atoms with Gasteiger partial charge in [-0.05, 0) is 114 Å². The lowest BCUT2D eigenvalue weighted by Crippen LogP contribution is -2.53. The number of anilines is 5. The molecule has 0 bridgehead atoms. The molecule has 0 unspecified atom stereocenters. The second-order valence-corrected chi connectivity index (χ2v) is 16.4. The molecule has 3 aromatic rings. The third-order valence-corrected chi connectivity index (χ3v) is 11.0. The molecule has 2 heterocycles. The summed E-state index contributed by atoms with van der Waals surface area (Å²) in [5, 5.41) is 7.80. The molecule has 5 rings (SSSR count). The van der Waals surface area contributed by atoms with Crippen molar-refractivity contribution in [3.8, 4) is 5.75 Å². The van der Waals surface area contributed by atoms with Gasteiger partial charge in [0.2, 0.25) is 5.95 Å². The van der Waals surface area contributed by atoms with Crippen molar-refractivity contribution in [2.45, 2.75) is 52.5 Å². The van der Waals surface area contributed by atoms with Gasteiger partial charge in [0.05, 0.1) is 24.7 Å². The first-order chi connectivity index (χ1) is 19.8. The maximum absolute atomic E-state index is 13.1. The fourth-order valence-electron chi connectivity index (χ4n) is 6.33. The summed E-state index contributed by atoms with van der Waals surface area (Å²) in [6.07, 6.45) is 6.67. The Bertz CT molecular complexity index is 1520. The van der Waals surface area contributed by atoms with Crippen LogP contribution in [0.3, 0.4) is 0 Å². The quantitative estimate of drug-likeness (QED) is 0.261. The van der Waals surface area contributed by atoms with Crippen LogP contribution >= 0.6 is 18.7 Å². The van der Waals surface area contributed by atoms with E-state index in [9.17, 15) is 4.57 Å². The molecule has 42 heavy (non-hydrogen) atoms. The highest BCUT2D eigenvalue weighted by molar-refractivity contribution is 7.70. The van der Waals surface area contributed by atoms with E-state index in [2.05, 4.69) is 63.6 Å². The van der Waals surface area contributed by atoms with Crippen molar-refractivity contribution in [2.75, 3.05) is 63.2 Å². The largest absolute Gasteiger partial charge is 0.494 e. The number of methoxy groups -OCH3 is 1. The first kappa shape index (κ1) is 30.7. The molecule has 226 valence electrons. The Kier molecular flexibility index (Phi) is 8.54. The van der Waals surface area contributed by atoms with Crippen molar-refractivity contribution < 1.29 is 9.30 Å². The Labute approximate surface area is 255 Å². The molecular weight excluding hydrogens is 567 g/mol. The Morgan fingerprint density at radius 2 is 1.64 bits per heavy atom. The molecule has 2 N–H and O–H groups in total. The van der Waals surface area contributed by atoms with Gasteiger partial charge in [0, 0.05) is 36.2 Å². The van der Waals surface area contributed by atoms with Crippen molar-refractivity contribution in [3.63, 3.8) is 0 Å². The fraction of sp³-hybridized carbons (Fsp3) is 0.500. The maximum Gasteiger partial charge on any atom is 0.229 e. The highest BCUT2D eigenvalue weighted by atomic mass is 35.5. The standard InChI is InChI=1S/C32H44ClN6O2P/c1-20-13-26(29(15-21(20)2)42(7,8)40)35-30-24(33)19-34-31(37-30)36-25-14-22(3)27(16-28(25)41-6)39-11-9-32(10-12-39)17-23(18-32)38(4)5/h13-16,19,23H,9-12,17-18H2,1-8H3,(H2,34,35,36,37). The van der Waals surface area contributed by atoms with E-state index in [1.807, 2.05) is 26.0 Å². The van der Waals surface area contributed by atoms with E-state index in [1.54, 1.807) is 26.6 Å². The topological polar surface area (TPSA) is 82.6 Å². The van der Waals surface area contributed by atoms with E-state index in [0.717, 1.165) is 52.7 Å². The number of benzene rings is 2.